The minimum Gasteiger partial charge on any atom is -0.493 e. The van der Waals surface area contributed by atoms with Gasteiger partial charge in [-0.15, -0.1) is 0 Å². The van der Waals surface area contributed by atoms with Gasteiger partial charge in [-0.25, -0.2) is 4.98 Å². The fourth-order valence-corrected chi connectivity index (χ4v) is 1.85. The summed E-state index contributed by atoms with van der Waals surface area (Å²) < 4.78 is 6.59. The quantitative estimate of drug-likeness (QED) is 0.498. The number of carbonyl (C=O) groups is 1. The molecule has 1 amide bonds. The summed E-state index contributed by atoms with van der Waals surface area (Å²) in [7, 11) is 0. The number of aliphatic hydroxyl groups is 1. The van der Waals surface area contributed by atoms with E-state index in [4.69, 9.17) is 16.2 Å². The monoisotopic (exact) mass is 242 g/mol. The van der Waals surface area contributed by atoms with Gasteiger partial charge in [-0.1, -0.05) is 0 Å². The molecule has 2 heterocycles. The van der Waals surface area contributed by atoms with Gasteiger partial charge in [-0.2, -0.15) is 0 Å². The van der Waals surface area contributed by atoms with Crippen molar-refractivity contribution in [3.63, 3.8) is 0 Å². The van der Waals surface area contributed by atoms with Crippen molar-refractivity contribution in [1.29, 1.82) is 0 Å². The smallest absolute Gasteiger partial charge is 0.272 e. The number of hydrogen-bond donors (Lipinski definition) is 4. The van der Waals surface area contributed by atoms with Crippen LogP contribution in [0, 0.1) is 0 Å². The first-order valence-electron chi connectivity index (χ1n) is 5.13. The molecule has 0 saturated carbocycles. The fraction of sp³-hybridized carbons (Fsp3) is 0.556. The molecule has 0 radical (unpaired) electrons. The third-order valence-corrected chi connectivity index (χ3v) is 2.70. The van der Waals surface area contributed by atoms with Crippen LogP contribution in [0.2, 0.25) is 0 Å². The van der Waals surface area contributed by atoms with Gasteiger partial charge in [0.1, 0.15) is 12.4 Å². The van der Waals surface area contributed by atoms with Crippen LogP contribution in [-0.2, 0) is 4.74 Å². The van der Waals surface area contributed by atoms with E-state index >= 15 is 0 Å². The maximum Gasteiger partial charge on any atom is 0.272 e. The molecule has 1 aromatic heterocycles. The maximum absolute atomic E-state index is 10.9. The third-order valence-electron chi connectivity index (χ3n) is 2.70. The molecule has 94 valence electrons. The number of aromatic nitrogens is 2. The van der Waals surface area contributed by atoms with Crippen LogP contribution in [0.5, 0.6) is 5.88 Å². The molecular formula is C9H14N4O4. The average molecular weight is 242 g/mol. The largest absolute Gasteiger partial charge is 0.493 e. The molecule has 2 rings (SSSR count). The van der Waals surface area contributed by atoms with E-state index in [-0.39, 0.29) is 18.3 Å². The van der Waals surface area contributed by atoms with Gasteiger partial charge in [0, 0.05) is 13.0 Å². The minimum absolute atomic E-state index is 0.253. The lowest BCUT2D eigenvalue weighted by Gasteiger charge is -2.16. The van der Waals surface area contributed by atoms with Gasteiger partial charge in [0.25, 0.3) is 5.91 Å². The molecule has 3 atom stereocenters. The summed E-state index contributed by atoms with van der Waals surface area (Å²) in [5, 5.41) is 19.5. The zero-order valence-electron chi connectivity index (χ0n) is 8.98. The molecule has 0 aliphatic carbocycles. The number of hydrogen-bond acceptors (Lipinski definition) is 6. The lowest BCUT2D eigenvalue weighted by atomic mass is 10.2. The Hall–Kier alpha value is -1.64. The topological polar surface area (TPSA) is 137 Å². The van der Waals surface area contributed by atoms with Gasteiger partial charge in [0.15, 0.2) is 11.9 Å². The molecule has 1 saturated heterocycles. The van der Waals surface area contributed by atoms with Crippen LogP contribution in [0.4, 0.5) is 0 Å². The minimum atomic E-state index is -0.843. The van der Waals surface area contributed by atoms with Crippen molar-refractivity contribution in [3.8, 4) is 5.88 Å². The first-order valence-corrected chi connectivity index (χ1v) is 5.13. The summed E-state index contributed by atoms with van der Waals surface area (Å²) in [6.07, 6.45) is -0.338. The van der Waals surface area contributed by atoms with Crippen LogP contribution in [0.1, 0.15) is 23.1 Å². The van der Waals surface area contributed by atoms with E-state index in [9.17, 15) is 15.0 Å². The van der Waals surface area contributed by atoms with Crippen molar-refractivity contribution in [2.75, 3.05) is 6.54 Å². The Morgan fingerprint density at radius 3 is 2.88 bits per heavy atom. The predicted molar refractivity (Wildman–Crippen MR) is 56.0 cm³/mol. The van der Waals surface area contributed by atoms with E-state index < -0.39 is 24.1 Å². The SMILES string of the molecule is NC[C@@H]1C[C@@H](O)[C@H](n2cnc(C(N)=O)c2O)O1. The number of aromatic hydroxyl groups is 1. The Kier molecular flexibility index (Phi) is 3.01. The highest BCUT2D eigenvalue weighted by atomic mass is 16.5. The van der Waals surface area contributed by atoms with Crippen LogP contribution >= 0.6 is 0 Å². The second-order valence-electron chi connectivity index (χ2n) is 3.88. The van der Waals surface area contributed by atoms with Crippen LogP contribution in [0.3, 0.4) is 0 Å². The van der Waals surface area contributed by atoms with Crippen LogP contribution < -0.4 is 11.5 Å². The third kappa shape index (κ3) is 1.97. The average Bonchev–Trinajstić information content (AvgIpc) is 2.81. The molecule has 0 unspecified atom stereocenters. The molecule has 0 aromatic carbocycles. The number of nitrogens with zero attached hydrogens (tertiary/aromatic N) is 2. The number of imidazole rings is 1. The number of primary amides is 1. The highest BCUT2D eigenvalue weighted by Gasteiger charge is 2.36. The number of amides is 1. The van der Waals surface area contributed by atoms with Crippen molar-refractivity contribution in [2.24, 2.45) is 11.5 Å². The van der Waals surface area contributed by atoms with Gasteiger partial charge in [0.05, 0.1) is 6.10 Å². The van der Waals surface area contributed by atoms with Gasteiger partial charge < -0.3 is 26.4 Å². The molecule has 1 aromatic rings. The lowest BCUT2D eigenvalue weighted by molar-refractivity contribution is -0.0377. The number of rotatable bonds is 3. The Morgan fingerprint density at radius 1 is 1.71 bits per heavy atom. The number of aliphatic hydroxyl groups excluding tert-OH is 1. The lowest BCUT2D eigenvalue weighted by Crippen LogP contribution is -2.20. The van der Waals surface area contributed by atoms with E-state index in [1.165, 1.54) is 10.9 Å². The molecule has 1 aliphatic rings. The molecule has 8 nitrogen and oxygen atoms in total. The summed E-state index contributed by atoms with van der Waals surface area (Å²) in [5.41, 5.74) is 10.2. The second-order valence-corrected chi connectivity index (χ2v) is 3.88. The van der Waals surface area contributed by atoms with Crippen molar-refractivity contribution < 1.29 is 19.7 Å². The number of nitrogens with two attached hydrogens (primary N) is 2. The highest BCUT2D eigenvalue weighted by molar-refractivity contribution is 5.92. The van der Waals surface area contributed by atoms with E-state index in [1.54, 1.807) is 0 Å². The fourth-order valence-electron chi connectivity index (χ4n) is 1.85. The molecular weight excluding hydrogens is 228 g/mol. The van der Waals surface area contributed by atoms with Crippen LogP contribution in [0.25, 0.3) is 0 Å². The molecule has 0 bridgehead atoms. The normalized spacial score (nSPS) is 28.5. The Labute approximate surface area is 96.8 Å². The van der Waals surface area contributed by atoms with E-state index in [1.807, 2.05) is 0 Å². The standard InChI is InChI=1S/C9H14N4O4/c10-2-4-1-5(14)9(17-4)13-3-12-6(7(11)15)8(13)16/h3-5,9,14,16H,1-2,10H2,(H2,11,15)/t4-,5+,9+/m0/s1. The van der Waals surface area contributed by atoms with Crippen molar-refractivity contribution in [3.05, 3.63) is 12.0 Å². The molecule has 0 spiro atoms. The first-order chi connectivity index (χ1) is 8.04. The van der Waals surface area contributed by atoms with Crippen LogP contribution in [-0.4, -0.2) is 44.4 Å². The maximum atomic E-state index is 10.9. The van der Waals surface area contributed by atoms with Gasteiger partial charge >= 0.3 is 0 Å². The molecule has 6 N–H and O–H groups in total. The zero-order valence-corrected chi connectivity index (χ0v) is 8.98. The first kappa shape index (κ1) is 11.8. The van der Waals surface area contributed by atoms with Crippen molar-refractivity contribution in [1.82, 2.24) is 9.55 Å². The van der Waals surface area contributed by atoms with Crippen LogP contribution in [0.15, 0.2) is 6.33 Å². The van der Waals surface area contributed by atoms with Crippen molar-refractivity contribution in [2.45, 2.75) is 24.9 Å². The summed E-state index contributed by atoms with van der Waals surface area (Å²) >= 11 is 0. The summed E-state index contributed by atoms with van der Waals surface area (Å²) in [6, 6.07) is 0. The predicted octanol–water partition coefficient (Wildman–Crippen LogP) is -1.71. The molecule has 1 fully saturated rings. The van der Waals surface area contributed by atoms with E-state index in [0.29, 0.717) is 6.42 Å². The van der Waals surface area contributed by atoms with Gasteiger partial charge in [-0.05, 0) is 0 Å². The summed E-state index contributed by atoms with van der Waals surface area (Å²) in [6.45, 7) is 0.270. The van der Waals surface area contributed by atoms with Gasteiger partial charge in [-0.3, -0.25) is 9.36 Å². The summed E-state index contributed by atoms with van der Waals surface area (Å²) in [4.78, 5) is 14.6. The number of ether oxygens (including phenoxy) is 1. The van der Waals surface area contributed by atoms with E-state index in [0.717, 1.165) is 0 Å². The highest BCUT2D eigenvalue weighted by Crippen LogP contribution is 2.32. The van der Waals surface area contributed by atoms with Crippen molar-refractivity contribution >= 4 is 5.91 Å². The van der Waals surface area contributed by atoms with E-state index in [2.05, 4.69) is 4.98 Å². The summed E-state index contributed by atoms with van der Waals surface area (Å²) in [5.74, 6) is -1.26. The second kappa shape index (κ2) is 4.32. The van der Waals surface area contributed by atoms with Gasteiger partial charge in [0.2, 0.25) is 5.88 Å². The Balaban J connectivity index is 2.26. The Bertz CT molecular complexity index is 433. The molecule has 8 heteroatoms. The number of carbonyl (C=O) groups excluding carboxylic acids is 1. The molecule has 17 heavy (non-hydrogen) atoms. The zero-order chi connectivity index (χ0) is 12.6. The molecule has 1 aliphatic heterocycles. The Morgan fingerprint density at radius 2 is 2.41 bits per heavy atom.